The number of nitrogens with two attached hydrogens (primary N) is 1. The summed E-state index contributed by atoms with van der Waals surface area (Å²) in [6, 6.07) is 0. The molecule has 0 spiro atoms. The van der Waals surface area contributed by atoms with Gasteiger partial charge in [-0.25, -0.2) is 0 Å². The van der Waals surface area contributed by atoms with Crippen LogP contribution in [0.5, 0.6) is 0 Å². The summed E-state index contributed by atoms with van der Waals surface area (Å²) in [4.78, 5) is 0. The van der Waals surface area contributed by atoms with Crippen LogP contribution in [0.25, 0.3) is 0 Å². The van der Waals surface area contributed by atoms with Crippen molar-refractivity contribution in [2.24, 2.45) is 5.73 Å². The van der Waals surface area contributed by atoms with Crippen LogP contribution in [0.1, 0.15) is 26.2 Å². The molecule has 0 radical (unpaired) electrons. The monoisotopic (exact) mass is 125 g/mol. The molecule has 0 amide bonds. The van der Waals surface area contributed by atoms with Crippen molar-refractivity contribution in [1.29, 1.82) is 0 Å². The van der Waals surface area contributed by atoms with Crippen LogP contribution >= 0.6 is 0 Å². The van der Waals surface area contributed by atoms with Gasteiger partial charge in [0.15, 0.2) is 0 Å². The summed E-state index contributed by atoms with van der Waals surface area (Å²) in [5, 5.41) is 0. The molecule has 0 fully saturated rings. The summed E-state index contributed by atoms with van der Waals surface area (Å²) in [5.41, 5.74) is 5.11. The van der Waals surface area contributed by atoms with Crippen LogP contribution in [-0.4, -0.2) is 0 Å². The van der Waals surface area contributed by atoms with E-state index in [0.29, 0.717) is 0 Å². The molecule has 0 rings (SSSR count). The van der Waals surface area contributed by atoms with E-state index in [1.54, 1.807) is 6.20 Å². The number of allylic oxidation sites excluding steroid dienone is 3. The lowest BCUT2D eigenvalue weighted by Gasteiger charge is -1.84. The minimum Gasteiger partial charge on any atom is -0.405 e. The second-order valence-corrected chi connectivity index (χ2v) is 1.96. The minimum absolute atomic E-state index is 1.17. The summed E-state index contributed by atoms with van der Waals surface area (Å²) in [6.07, 6.45) is 11.2. The van der Waals surface area contributed by atoms with Gasteiger partial charge < -0.3 is 5.73 Å². The Morgan fingerprint density at radius 2 is 2.11 bits per heavy atom. The van der Waals surface area contributed by atoms with Crippen molar-refractivity contribution < 1.29 is 0 Å². The highest BCUT2D eigenvalue weighted by atomic mass is 14.5. The third-order valence-corrected chi connectivity index (χ3v) is 1.08. The van der Waals surface area contributed by atoms with Crippen LogP contribution in [-0.2, 0) is 0 Å². The van der Waals surface area contributed by atoms with E-state index in [0.717, 1.165) is 0 Å². The fourth-order valence-electron chi connectivity index (χ4n) is 0.561. The third-order valence-electron chi connectivity index (χ3n) is 1.08. The Labute approximate surface area is 57.3 Å². The van der Waals surface area contributed by atoms with E-state index in [4.69, 9.17) is 5.73 Å². The first-order valence-corrected chi connectivity index (χ1v) is 3.45. The van der Waals surface area contributed by atoms with Gasteiger partial charge in [0.2, 0.25) is 0 Å². The molecule has 0 aliphatic rings. The van der Waals surface area contributed by atoms with Gasteiger partial charge in [-0.05, 0) is 18.7 Å². The summed E-state index contributed by atoms with van der Waals surface area (Å²) in [6.45, 7) is 2.19. The van der Waals surface area contributed by atoms with Gasteiger partial charge in [-0.1, -0.05) is 31.9 Å². The van der Waals surface area contributed by atoms with Crippen LogP contribution in [0.4, 0.5) is 0 Å². The van der Waals surface area contributed by atoms with E-state index in [1.165, 1.54) is 19.3 Å². The molecule has 0 saturated carbocycles. The van der Waals surface area contributed by atoms with Crippen LogP contribution in [0, 0.1) is 0 Å². The van der Waals surface area contributed by atoms with Gasteiger partial charge in [-0.3, -0.25) is 0 Å². The fraction of sp³-hybridized carbons (Fsp3) is 0.500. The standard InChI is InChI=1S/C8H15N/c1-2-3-4-5-6-7-8-9/h5-8H,2-4,9H2,1H3/b6-5+,8-7+. The van der Waals surface area contributed by atoms with Gasteiger partial charge in [0, 0.05) is 0 Å². The van der Waals surface area contributed by atoms with Gasteiger partial charge in [0.05, 0.1) is 0 Å². The minimum atomic E-state index is 1.17. The first-order valence-electron chi connectivity index (χ1n) is 3.45. The Kier molecular flexibility index (Phi) is 6.70. The molecule has 0 bridgehead atoms. The number of hydrogen-bond donors (Lipinski definition) is 1. The van der Waals surface area contributed by atoms with Gasteiger partial charge >= 0.3 is 0 Å². The molecule has 52 valence electrons. The van der Waals surface area contributed by atoms with Crippen molar-refractivity contribution in [3.05, 3.63) is 24.4 Å². The normalized spacial score (nSPS) is 11.7. The highest BCUT2D eigenvalue weighted by Gasteiger charge is 1.74. The highest BCUT2D eigenvalue weighted by Crippen LogP contribution is 1.94. The van der Waals surface area contributed by atoms with Crippen LogP contribution in [0.3, 0.4) is 0 Å². The molecule has 0 heterocycles. The molecule has 0 saturated heterocycles. The lowest BCUT2D eigenvalue weighted by atomic mass is 10.2. The Hall–Kier alpha value is -0.720. The van der Waals surface area contributed by atoms with Gasteiger partial charge in [0.1, 0.15) is 0 Å². The number of unbranched alkanes of at least 4 members (excludes halogenated alkanes) is 2. The Bertz CT molecular complexity index is 92.7. The quantitative estimate of drug-likeness (QED) is 0.452. The molecular weight excluding hydrogens is 110 g/mol. The van der Waals surface area contributed by atoms with Crippen LogP contribution in [0.2, 0.25) is 0 Å². The second-order valence-electron chi connectivity index (χ2n) is 1.96. The predicted octanol–water partition coefficient (Wildman–Crippen LogP) is 2.21. The van der Waals surface area contributed by atoms with Gasteiger partial charge in [0.25, 0.3) is 0 Å². The molecule has 0 aromatic heterocycles. The molecule has 0 aromatic carbocycles. The number of hydrogen-bond acceptors (Lipinski definition) is 1. The number of rotatable bonds is 4. The molecule has 1 heteroatoms. The molecule has 0 aliphatic heterocycles. The lowest BCUT2D eigenvalue weighted by Crippen LogP contribution is -1.72. The van der Waals surface area contributed by atoms with Crippen molar-refractivity contribution in [2.45, 2.75) is 26.2 Å². The Morgan fingerprint density at radius 1 is 1.33 bits per heavy atom. The predicted molar refractivity (Wildman–Crippen MR) is 42.0 cm³/mol. The zero-order valence-electron chi connectivity index (χ0n) is 6.01. The molecule has 0 aromatic rings. The van der Waals surface area contributed by atoms with Crippen LogP contribution in [0.15, 0.2) is 24.4 Å². The maximum absolute atomic E-state index is 5.11. The smallest absolute Gasteiger partial charge is 0.00625 e. The molecule has 9 heavy (non-hydrogen) atoms. The fourth-order valence-corrected chi connectivity index (χ4v) is 0.561. The first kappa shape index (κ1) is 8.28. The zero-order chi connectivity index (χ0) is 6.95. The van der Waals surface area contributed by atoms with Crippen molar-refractivity contribution in [2.75, 3.05) is 0 Å². The van der Waals surface area contributed by atoms with E-state index in [-0.39, 0.29) is 0 Å². The summed E-state index contributed by atoms with van der Waals surface area (Å²) >= 11 is 0. The SMILES string of the molecule is CCCC/C=C/C=C/N. The van der Waals surface area contributed by atoms with Gasteiger partial charge in [-0.2, -0.15) is 0 Å². The average Bonchev–Trinajstić information content (AvgIpc) is 1.89. The molecule has 2 N–H and O–H groups in total. The Balaban J connectivity index is 3.04. The van der Waals surface area contributed by atoms with E-state index >= 15 is 0 Å². The maximum atomic E-state index is 5.11. The molecule has 1 nitrogen and oxygen atoms in total. The summed E-state index contributed by atoms with van der Waals surface area (Å²) in [5.74, 6) is 0. The molecular formula is C8H15N. The van der Waals surface area contributed by atoms with E-state index in [9.17, 15) is 0 Å². The molecule has 0 unspecified atom stereocenters. The third kappa shape index (κ3) is 7.28. The van der Waals surface area contributed by atoms with E-state index in [2.05, 4.69) is 13.0 Å². The maximum Gasteiger partial charge on any atom is -0.00625 e. The van der Waals surface area contributed by atoms with Crippen molar-refractivity contribution in [3.63, 3.8) is 0 Å². The molecule has 0 aliphatic carbocycles. The van der Waals surface area contributed by atoms with E-state index in [1.807, 2.05) is 12.2 Å². The van der Waals surface area contributed by atoms with Crippen molar-refractivity contribution in [1.82, 2.24) is 0 Å². The van der Waals surface area contributed by atoms with Gasteiger partial charge in [-0.15, -0.1) is 0 Å². The summed E-state index contributed by atoms with van der Waals surface area (Å²) < 4.78 is 0. The van der Waals surface area contributed by atoms with Crippen molar-refractivity contribution >= 4 is 0 Å². The zero-order valence-corrected chi connectivity index (χ0v) is 6.01. The molecule has 0 atom stereocenters. The topological polar surface area (TPSA) is 26.0 Å². The lowest BCUT2D eigenvalue weighted by molar-refractivity contribution is 0.815. The average molecular weight is 125 g/mol. The Morgan fingerprint density at radius 3 is 2.67 bits per heavy atom. The highest BCUT2D eigenvalue weighted by molar-refractivity contribution is 5.00. The summed E-state index contributed by atoms with van der Waals surface area (Å²) in [7, 11) is 0. The largest absolute Gasteiger partial charge is 0.405 e. The van der Waals surface area contributed by atoms with Crippen LogP contribution < -0.4 is 5.73 Å². The van der Waals surface area contributed by atoms with E-state index < -0.39 is 0 Å². The second kappa shape index (κ2) is 7.28. The first-order chi connectivity index (χ1) is 4.41. The van der Waals surface area contributed by atoms with Crippen molar-refractivity contribution in [3.8, 4) is 0 Å².